The SMILES string of the molecule is c1ccc(-c2nc(-c3ccccc3)c(-c3cccc(-c4cccc(-c5c6ccccc6nc6c5ccc5ccccc56)c4)c3)nc2-c2ccccc2)cc1. The van der Waals surface area contributed by atoms with E-state index in [-0.39, 0.29) is 0 Å². The third-order valence-corrected chi connectivity index (χ3v) is 10.2. The number of benzene rings is 8. The Kier molecular flexibility index (Phi) is 7.81. The molecule has 0 bridgehead atoms. The third-order valence-electron chi connectivity index (χ3n) is 10.2. The van der Waals surface area contributed by atoms with Gasteiger partial charge in [0, 0.05) is 44.0 Å². The summed E-state index contributed by atoms with van der Waals surface area (Å²) in [6.45, 7) is 0. The minimum Gasteiger partial charge on any atom is -0.247 e. The first-order valence-corrected chi connectivity index (χ1v) is 18.3. The van der Waals surface area contributed by atoms with Gasteiger partial charge in [-0.25, -0.2) is 15.0 Å². The van der Waals surface area contributed by atoms with Gasteiger partial charge in [-0.1, -0.05) is 182 Å². The van der Waals surface area contributed by atoms with Crippen LogP contribution in [0, 0.1) is 0 Å². The lowest BCUT2D eigenvalue weighted by atomic mass is 9.91. The molecule has 8 aromatic carbocycles. The molecule has 0 saturated heterocycles. The van der Waals surface area contributed by atoms with Crippen LogP contribution in [0.25, 0.3) is 99.9 Å². The van der Waals surface area contributed by atoms with Gasteiger partial charge in [-0.2, -0.15) is 0 Å². The lowest BCUT2D eigenvalue weighted by Gasteiger charge is -2.17. The summed E-state index contributed by atoms with van der Waals surface area (Å²) in [7, 11) is 0. The van der Waals surface area contributed by atoms with Crippen LogP contribution in [0.3, 0.4) is 0 Å². The number of hydrogen-bond acceptors (Lipinski definition) is 3. The molecule has 0 atom stereocenters. The fourth-order valence-corrected chi connectivity index (χ4v) is 7.67. The standard InChI is InChI=1S/C51H33N3/c1-4-17-35(18-5-1)47-48(36-19-6-2-7-20-36)54-50(49(53-47)37-21-8-3-9-22-37)41-26-15-24-39(33-41)38-23-14-25-40(32-38)46-43-28-12-13-29-45(43)52-51-42-27-11-10-16-34(42)30-31-44(46)51/h1-33H. The molecule has 0 unspecified atom stereocenters. The topological polar surface area (TPSA) is 38.7 Å². The van der Waals surface area contributed by atoms with Crippen molar-refractivity contribution < 1.29 is 0 Å². The lowest BCUT2D eigenvalue weighted by molar-refractivity contribution is 1.21. The minimum atomic E-state index is 0.843. The average Bonchev–Trinajstić information content (AvgIpc) is 3.26. The highest BCUT2D eigenvalue weighted by Crippen LogP contribution is 2.41. The van der Waals surface area contributed by atoms with Crippen LogP contribution in [-0.2, 0) is 0 Å². The van der Waals surface area contributed by atoms with Crippen molar-refractivity contribution in [1.82, 2.24) is 15.0 Å². The number of para-hydroxylation sites is 1. The molecule has 10 rings (SSSR count). The van der Waals surface area contributed by atoms with Gasteiger partial charge in [-0.05, 0) is 40.3 Å². The first kappa shape index (κ1) is 31.5. The van der Waals surface area contributed by atoms with Crippen molar-refractivity contribution in [2.75, 3.05) is 0 Å². The molecule has 0 amide bonds. The maximum atomic E-state index is 5.49. The number of rotatable bonds is 6. The molecule has 0 N–H and O–H groups in total. The van der Waals surface area contributed by atoms with Crippen molar-refractivity contribution in [3.8, 4) is 67.3 Å². The molecule has 2 heterocycles. The molecular formula is C51H33N3. The van der Waals surface area contributed by atoms with Crippen LogP contribution in [0.15, 0.2) is 200 Å². The van der Waals surface area contributed by atoms with E-state index in [0.717, 1.165) is 88.9 Å². The number of nitrogens with zero attached hydrogens (tertiary/aromatic N) is 3. The van der Waals surface area contributed by atoms with Crippen LogP contribution in [0.5, 0.6) is 0 Å². The van der Waals surface area contributed by atoms with Crippen LogP contribution in [0.2, 0.25) is 0 Å². The van der Waals surface area contributed by atoms with Gasteiger partial charge in [-0.15, -0.1) is 0 Å². The summed E-state index contributed by atoms with van der Waals surface area (Å²) in [4.78, 5) is 16.1. The highest BCUT2D eigenvalue weighted by atomic mass is 14.9. The molecule has 0 radical (unpaired) electrons. The van der Waals surface area contributed by atoms with E-state index >= 15 is 0 Å². The first-order valence-electron chi connectivity index (χ1n) is 18.3. The molecule has 0 aliphatic rings. The van der Waals surface area contributed by atoms with Crippen molar-refractivity contribution in [3.05, 3.63) is 200 Å². The van der Waals surface area contributed by atoms with Crippen molar-refractivity contribution in [2.24, 2.45) is 0 Å². The average molecular weight is 688 g/mol. The maximum absolute atomic E-state index is 5.49. The van der Waals surface area contributed by atoms with Crippen LogP contribution in [0.1, 0.15) is 0 Å². The lowest BCUT2D eigenvalue weighted by Crippen LogP contribution is -2.01. The molecule has 0 aliphatic carbocycles. The summed E-state index contributed by atoms with van der Waals surface area (Å²) in [5.74, 6) is 0. The van der Waals surface area contributed by atoms with Gasteiger partial charge in [0.2, 0.25) is 0 Å². The van der Waals surface area contributed by atoms with Crippen molar-refractivity contribution in [1.29, 1.82) is 0 Å². The summed E-state index contributed by atoms with van der Waals surface area (Å²) in [6, 6.07) is 70.2. The largest absolute Gasteiger partial charge is 0.247 e. The van der Waals surface area contributed by atoms with E-state index < -0.39 is 0 Å². The molecule has 10 aromatic rings. The van der Waals surface area contributed by atoms with Gasteiger partial charge in [-0.3, -0.25) is 0 Å². The second kappa shape index (κ2) is 13.4. The number of fused-ring (bicyclic) bond motifs is 4. The smallest absolute Gasteiger partial charge is 0.0973 e. The van der Waals surface area contributed by atoms with Gasteiger partial charge in [0.1, 0.15) is 0 Å². The van der Waals surface area contributed by atoms with E-state index in [4.69, 9.17) is 15.0 Å². The molecule has 0 fully saturated rings. The molecular weight excluding hydrogens is 655 g/mol. The molecule has 54 heavy (non-hydrogen) atoms. The number of pyridine rings is 1. The molecule has 0 spiro atoms. The second-order valence-electron chi connectivity index (χ2n) is 13.6. The zero-order valence-corrected chi connectivity index (χ0v) is 29.4. The summed E-state index contributed by atoms with van der Waals surface area (Å²) >= 11 is 0. The molecule has 3 nitrogen and oxygen atoms in total. The number of aromatic nitrogens is 3. The molecule has 2 aromatic heterocycles. The Morgan fingerprint density at radius 2 is 0.704 bits per heavy atom. The highest BCUT2D eigenvalue weighted by Gasteiger charge is 2.20. The second-order valence-corrected chi connectivity index (χ2v) is 13.6. The van der Waals surface area contributed by atoms with Crippen molar-refractivity contribution in [2.45, 2.75) is 0 Å². The Morgan fingerprint density at radius 1 is 0.259 bits per heavy atom. The van der Waals surface area contributed by atoms with E-state index in [2.05, 4.69) is 182 Å². The van der Waals surface area contributed by atoms with Gasteiger partial charge in [0.05, 0.1) is 33.8 Å². The van der Waals surface area contributed by atoms with Crippen LogP contribution in [0.4, 0.5) is 0 Å². The summed E-state index contributed by atoms with van der Waals surface area (Å²) in [6.07, 6.45) is 0. The van der Waals surface area contributed by atoms with Crippen LogP contribution < -0.4 is 0 Å². The molecule has 0 saturated carbocycles. The molecule has 0 aliphatic heterocycles. The fraction of sp³-hybridized carbons (Fsp3) is 0. The summed E-state index contributed by atoms with van der Waals surface area (Å²) in [5, 5.41) is 4.64. The van der Waals surface area contributed by atoms with E-state index in [0.29, 0.717) is 0 Å². The zero-order chi connectivity index (χ0) is 35.8. The predicted molar refractivity (Wildman–Crippen MR) is 225 cm³/mol. The van der Waals surface area contributed by atoms with E-state index in [1.165, 1.54) is 10.9 Å². The number of hydrogen-bond donors (Lipinski definition) is 0. The molecule has 3 heteroatoms. The van der Waals surface area contributed by atoms with E-state index in [9.17, 15) is 0 Å². The Morgan fingerprint density at radius 3 is 1.31 bits per heavy atom. The van der Waals surface area contributed by atoms with Gasteiger partial charge < -0.3 is 0 Å². The Balaban J connectivity index is 1.16. The van der Waals surface area contributed by atoms with Gasteiger partial charge in [0.15, 0.2) is 0 Å². The maximum Gasteiger partial charge on any atom is 0.0973 e. The van der Waals surface area contributed by atoms with Crippen LogP contribution >= 0.6 is 0 Å². The minimum absolute atomic E-state index is 0.843. The fourth-order valence-electron chi connectivity index (χ4n) is 7.67. The summed E-state index contributed by atoms with van der Waals surface area (Å²) < 4.78 is 0. The summed E-state index contributed by atoms with van der Waals surface area (Å²) in [5.41, 5.74) is 14.1. The Hall–Kier alpha value is -7.23. The monoisotopic (exact) mass is 687 g/mol. The van der Waals surface area contributed by atoms with E-state index in [1.807, 2.05) is 18.2 Å². The van der Waals surface area contributed by atoms with Crippen LogP contribution in [-0.4, -0.2) is 15.0 Å². The molecule has 252 valence electrons. The quantitative estimate of drug-likeness (QED) is 0.129. The van der Waals surface area contributed by atoms with E-state index in [1.54, 1.807) is 0 Å². The third kappa shape index (κ3) is 5.60. The zero-order valence-electron chi connectivity index (χ0n) is 29.4. The van der Waals surface area contributed by atoms with Crippen molar-refractivity contribution >= 4 is 32.6 Å². The predicted octanol–water partition coefficient (Wildman–Crippen LogP) is 13.3. The van der Waals surface area contributed by atoms with Gasteiger partial charge >= 0.3 is 0 Å². The van der Waals surface area contributed by atoms with Gasteiger partial charge in [0.25, 0.3) is 0 Å². The first-order chi connectivity index (χ1) is 26.8. The Bertz CT molecular complexity index is 2970. The Labute approximate surface area is 313 Å². The normalized spacial score (nSPS) is 11.3. The highest BCUT2D eigenvalue weighted by molar-refractivity contribution is 6.17. The van der Waals surface area contributed by atoms with Crippen molar-refractivity contribution in [3.63, 3.8) is 0 Å².